The van der Waals surface area contributed by atoms with E-state index in [0.717, 1.165) is 12.0 Å². The van der Waals surface area contributed by atoms with Crippen molar-refractivity contribution in [2.75, 3.05) is 13.2 Å². The highest BCUT2D eigenvalue weighted by atomic mass is 16.6. The summed E-state index contributed by atoms with van der Waals surface area (Å²) in [6.07, 6.45) is 1.10. The molecule has 1 unspecified atom stereocenters. The molecule has 0 saturated carbocycles. The number of nitro benzene ring substituents is 1. The van der Waals surface area contributed by atoms with Gasteiger partial charge in [-0.2, -0.15) is 0 Å². The fraction of sp³-hybridized carbons (Fsp3) is 0.500. The molecule has 6 heteroatoms. The van der Waals surface area contributed by atoms with Crippen LogP contribution in [0.1, 0.15) is 25.8 Å². The Labute approximate surface area is 118 Å². The molecule has 0 spiro atoms. The van der Waals surface area contributed by atoms with E-state index < -0.39 is 4.92 Å². The van der Waals surface area contributed by atoms with Gasteiger partial charge in [0.25, 0.3) is 5.69 Å². The number of carbonyl (C=O) groups is 1. The Hall–Kier alpha value is -1.95. The number of hydrogen-bond donors (Lipinski definition) is 1. The van der Waals surface area contributed by atoms with Crippen molar-refractivity contribution in [2.45, 2.75) is 32.7 Å². The summed E-state index contributed by atoms with van der Waals surface area (Å²) in [4.78, 5) is 21.4. The smallest absolute Gasteiger partial charge is 0.307 e. The van der Waals surface area contributed by atoms with E-state index in [1.165, 1.54) is 12.1 Å². The Balaban J connectivity index is 2.29. The molecule has 0 radical (unpaired) electrons. The first kappa shape index (κ1) is 16.1. The van der Waals surface area contributed by atoms with Crippen LogP contribution in [0, 0.1) is 10.1 Å². The number of hydrogen-bond acceptors (Lipinski definition) is 5. The average Bonchev–Trinajstić information content (AvgIpc) is 2.39. The van der Waals surface area contributed by atoms with Crippen molar-refractivity contribution in [1.82, 2.24) is 5.32 Å². The number of nitrogens with one attached hydrogen (secondary N) is 1. The zero-order chi connectivity index (χ0) is 15.0. The topological polar surface area (TPSA) is 81.5 Å². The summed E-state index contributed by atoms with van der Waals surface area (Å²) in [5, 5.41) is 13.7. The minimum Gasteiger partial charge on any atom is -0.466 e. The van der Waals surface area contributed by atoms with Crippen molar-refractivity contribution in [3.63, 3.8) is 0 Å². The van der Waals surface area contributed by atoms with Gasteiger partial charge in [-0.15, -0.1) is 0 Å². The van der Waals surface area contributed by atoms with Gasteiger partial charge in [0.05, 0.1) is 18.0 Å². The van der Waals surface area contributed by atoms with Crippen LogP contribution in [0.2, 0.25) is 0 Å². The number of non-ortho nitro benzene ring substituents is 1. The van der Waals surface area contributed by atoms with E-state index in [4.69, 9.17) is 4.74 Å². The van der Waals surface area contributed by atoms with Gasteiger partial charge in [-0.25, -0.2) is 0 Å². The summed E-state index contributed by atoms with van der Waals surface area (Å²) in [6, 6.07) is 6.53. The van der Waals surface area contributed by atoms with Crippen LogP contribution in [-0.2, 0) is 16.0 Å². The molecule has 0 heterocycles. The van der Waals surface area contributed by atoms with E-state index in [2.05, 4.69) is 5.32 Å². The first-order valence-electron chi connectivity index (χ1n) is 6.65. The Bertz CT molecular complexity index is 445. The summed E-state index contributed by atoms with van der Waals surface area (Å²) >= 11 is 0. The molecule has 0 saturated heterocycles. The van der Waals surface area contributed by atoms with Gasteiger partial charge in [0, 0.05) is 18.2 Å². The molecule has 0 aliphatic carbocycles. The summed E-state index contributed by atoms with van der Waals surface area (Å²) in [5.74, 6) is -0.206. The molecule has 6 nitrogen and oxygen atoms in total. The Morgan fingerprint density at radius 3 is 2.60 bits per heavy atom. The van der Waals surface area contributed by atoms with Crippen LogP contribution in [0.4, 0.5) is 5.69 Å². The fourth-order valence-electron chi connectivity index (χ4n) is 1.79. The number of esters is 1. The number of benzene rings is 1. The Morgan fingerprint density at radius 1 is 1.40 bits per heavy atom. The molecule has 1 N–H and O–H groups in total. The molecule has 1 rings (SSSR count). The number of ether oxygens (including phenoxy) is 1. The van der Waals surface area contributed by atoms with Crippen molar-refractivity contribution >= 4 is 11.7 Å². The fourth-order valence-corrected chi connectivity index (χ4v) is 1.79. The summed E-state index contributed by atoms with van der Waals surface area (Å²) < 4.78 is 4.87. The van der Waals surface area contributed by atoms with E-state index >= 15 is 0 Å². The Morgan fingerprint density at radius 2 is 2.05 bits per heavy atom. The van der Waals surface area contributed by atoms with Crippen molar-refractivity contribution in [3.05, 3.63) is 39.9 Å². The molecule has 1 aromatic carbocycles. The van der Waals surface area contributed by atoms with Crippen molar-refractivity contribution in [1.29, 1.82) is 0 Å². The second kappa shape index (κ2) is 8.27. The van der Waals surface area contributed by atoms with Crippen molar-refractivity contribution < 1.29 is 14.5 Å². The van der Waals surface area contributed by atoms with Crippen LogP contribution in [-0.4, -0.2) is 30.1 Å². The lowest BCUT2D eigenvalue weighted by Crippen LogP contribution is -2.30. The maximum Gasteiger partial charge on any atom is 0.307 e. The van der Waals surface area contributed by atoms with Gasteiger partial charge in [-0.05, 0) is 32.4 Å². The molecular formula is C14H20N2O4. The largest absolute Gasteiger partial charge is 0.466 e. The SMILES string of the molecule is CCOC(=O)CC(C)NCCc1ccc([N+](=O)[O-])cc1. The predicted molar refractivity (Wildman–Crippen MR) is 75.5 cm³/mol. The normalized spacial score (nSPS) is 11.9. The van der Waals surface area contributed by atoms with Crippen LogP contribution in [0.25, 0.3) is 0 Å². The lowest BCUT2D eigenvalue weighted by Gasteiger charge is -2.12. The maximum atomic E-state index is 11.3. The second-order valence-corrected chi connectivity index (χ2v) is 4.54. The van der Waals surface area contributed by atoms with Crippen LogP contribution in [0.5, 0.6) is 0 Å². The lowest BCUT2D eigenvalue weighted by atomic mass is 10.1. The maximum absolute atomic E-state index is 11.3. The molecule has 0 fully saturated rings. The van der Waals surface area contributed by atoms with Crippen LogP contribution < -0.4 is 5.32 Å². The quantitative estimate of drug-likeness (QED) is 0.448. The van der Waals surface area contributed by atoms with E-state index in [-0.39, 0.29) is 17.7 Å². The zero-order valence-corrected chi connectivity index (χ0v) is 11.8. The molecular weight excluding hydrogens is 260 g/mol. The van der Waals surface area contributed by atoms with Crippen molar-refractivity contribution in [3.8, 4) is 0 Å². The highest BCUT2D eigenvalue weighted by Gasteiger charge is 2.09. The van der Waals surface area contributed by atoms with E-state index in [0.29, 0.717) is 19.6 Å². The first-order chi connectivity index (χ1) is 9.52. The number of nitrogens with zero attached hydrogens (tertiary/aromatic N) is 1. The second-order valence-electron chi connectivity index (χ2n) is 4.54. The first-order valence-corrected chi connectivity index (χ1v) is 6.65. The van der Waals surface area contributed by atoms with Gasteiger partial charge in [-0.3, -0.25) is 14.9 Å². The summed E-state index contributed by atoms with van der Waals surface area (Å²) in [7, 11) is 0. The minimum atomic E-state index is -0.413. The number of carbonyl (C=O) groups excluding carboxylic acids is 1. The molecule has 20 heavy (non-hydrogen) atoms. The molecule has 110 valence electrons. The van der Waals surface area contributed by atoms with Crippen LogP contribution in [0.15, 0.2) is 24.3 Å². The lowest BCUT2D eigenvalue weighted by molar-refractivity contribution is -0.384. The standard InChI is InChI=1S/C14H20N2O4/c1-3-20-14(17)10-11(2)15-9-8-12-4-6-13(7-5-12)16(18)19/h4-7,11,15H,3,8-10H2,1-2H3. The third-order valence-corrected chi connectivity index (χ3v) is 2.83. The van der Waals surface area contributed by atoms with Gasteiger partial charge < -0.3 is 10.1 Å². The third-order valence-electron chi connectivity index (χ3n) is 2.83. The average molecular weight is 280 g/mol. The molecule has 1 atom stereocenters. The van der Waals surface area contributed by atoms with Crippen LogP contribution in [0.3, 0.4) is 0 Å². The highest BCUT2D eigenvalue weighted by Crippen LogP contribution is 2.12. The van der Waals surface area contributed by atoms with Crippen molar-refractivity contribution in [2.24, 2.45) is 0 Å². The molecule has 0 amide bonds. The minimum absolute atomic E-state index is 0.0482. The molecule has 1 aromatic rings. The number of nitro groups is 1. The van der Waals surface area contributed by atoms with Gasteiger partial charge in [-0.1, -0.05) is 12.1 Å². The molecule has 0 aliphatic rings. The van der Waals surface area contributed by atoms with Gasteiger partial charge >= 0.3 is 5.97 Å². The molecule has 0 aliphatic heterocycles. The summed E-state index contributed by atoms with van der Waals surface area (Å²) in [6.45, 7) is 4.81. The summed E-state index contributed by atoms with van der Waals surface area (Å²) in [5.41, 5.74) is 1.11. The van der Waals surface area contributed by atoms with Gasteiger partial charge in [0.2, 0.25) is 0 Å². The highest BCUT2D eigenvalue weighted by molar-refractivity contribution is 5.69. The van der Waals surface area contributed by atoms with Gasteiger partial charge in [0.15, 0.2) is 0 Å². The van der Waals surface area contributed by atoms with E-state index in [1.54, 1.807) is 19.1 Å². The number of rotatable bonds is 8. The monoisotopic (exact) mass is 280 g/mol. The third kappa shape index (κ3) is 5.79. The van der Waals surface area contributed by atoms with E-state index in [9.17, 15) is 14.9 Å². The molecule has 0 aromatic heterocycles. The zero-order valence-electron chi connectivity index (χ0n) is 11.8. The van der Waals surface area contributed by atoms with Gasteiger partial charge in [0.1, 0.15) is 0 Å². The Kier molecular flexibility index (Phi) is 6.66. The van der Waals surface area contributed by atoms with E-state index in [1.807, 2.05) is 6.92 Å². The predicted octanol–water partition coefficient (Wildman–Crippen LogP) is 2.07. The van der Waals surface area contributed by atoms with Crippen LogP contribution >= 0.6 is 0 Å². The molecule has 0 bridgehead atoms.